The minimum absolute atomic E-state index is 0.0686. The maximum absolute atomic E-state index is 12.6. The number of halogens is 4. The smallest absolute Gasteiger partial charge is 0.416 e. The van der Waals surface area contributed by atoms with E-state index in [1.807, 2.05) is 0 Å². The van der Waals surface area contributed by atoms with Crippen molar-refractivity contribution >= 4 is 27.6 Å². The van der Waals surface area contributed by atoms with Gasteiger partial charge in [0, 0.05) is 16.2 Å². The standard InChI is InChI=1S/C12H13BrF3NO2/c1-7(5-11(18)19-2)17-10-6-8(12(14,15)16)3-4-9(10)13/h3-4,6-7,17H,5H2,1-2H3. The summed E-state index contributed by atoms with van der Waals surface area (Å²) < 4.78 is 42.7. The maximum Gasteiger partial charge on any atom is 0.416 e. The largest absolute Gasteiger partial charge is 0.469 e. The van der Waals surface area contributed by atoms with Gasteiger partial charge in [-0.2, -0.15) is 13.2 Å². The van der Waals surface area contributed by atoms with Crippen LogP contribution >= 0.6 is 15.9 Å². The molecule has 0 heterocycles. The number of esters is 1. The summed E-state index contributed by atoms with van der Waals surface area (Å²) in [7, 11) is 1.26. The molecule has 1 aromatic rings. The van der Waals surface area contributed by atoms with Gasteiger partial charge in [0.25, 0.3) is 0 Å². The van der Waals surface area contributed by atoms with Crippen LogP contribution in [0.4, 0.5) is 18.9 Å². The van der Waals surface area contributed by atoms with E-state index in [-0.39, 0.29) is 18.2 Å². The van der Waals surface area contributed by atoms with Crippen molar-refractivity contribution in [2.45, 2.75) is 25.6 Å². The zero-order valence-electron chi connectivity index (χ0n) is 10.3. The summed E-state index contributed by atoms with van der Waals surface area (Å²) in [6.45, 7) is 1.68. The summed E-state index contributed by atoms with van der Waals surface area (Å²) >= 11 is 3.16. The number of hydrogen-bond donors (Lipinski definition) is 1. The Morgan fingerprint density at radius 1 is 1.47 bits per heavy atom. The third-order valence-corrected chi connectivity index (χ3v) is 3.09. The van der Waals surface area contributed by atoms with Gasteiger partial charge in [0.05, 0.1) is 19.1 Å². The van der Waals surface area contributed by atoms with Crippen LogP contribution in [0.3, 0.4) is 0 Å². The number of anilines is 1. The number of rotatable bonds is 4. The van der Waals surface area contributed by atoms with Gasteiger partial charge in [0.15, 0.2) is 0 Å². The summed E-state index contributed by atoms with van der Waals surface area (Å²) in [4.78, 5) is 11.1. The molecule has 0 saturated heterocycles. The Hall–Kier alpha value is -1.24. The molecule has 0 bridgehead atoms. The Morgan fingerprint density at radius 3 is 2.63 bits per heavy atom. The van der Waals surface area contributed by atoms with Crippen molar-refractivity contribution in [3.63, 3.8) is 0 Å². The molecule has 0 fully saturated rings. The van der Waals surface area contributed by atoms with Gasteiger partial charge in [-0.25, -0.2) is 0 Å². The Bertz CT molecular complexity index is 463. The highest BCUT2D eigenvalue weighted by Crippen LogP contribution is 2.34. The van der Waals surface area contributed by atoms with Crippen LogP contribution in [0.2, 0.25) is 0 Å². The molecule has 0 amide bonds. The zero-order valence-corrected chi connectivity index (χ0v) is 11.9. The lowest BCUT2D eigenvalue weighted by Gasteiger charge is -2.17. The maximum atomic E-state index is 12.6. The van der Waals surface area contributed by atoms with Crippen LogP contribution in [0.25, 0.3) is 0 Å². The normalized spacial score (nSPS) is 12.9. The van der Waals surface area contributed by atoms with Crippen molar-refractivity contribution in [3.05, 3.63) is 28.2 Å². The van der Waals surface area contributed by atoms with Crippen molar-refractivity contribution in [2.75, 3.05) is 12.4 Å². The molecule has 0 spiro atoms. The van der Waals surface area contributed by atoms with Gasteiger partial charge in [0.2, 0.25) is 0 Å². The van der Waals surface area contributed by atoms with Crippen LogP contribution in [0.1, 0.15) is 18.9 Å². The topological polar surface area (TPSA) is 38.3 Å². The first-order valence-corrected chi connectivity index (χ1v) is 6.23. The average molecular weight is 340 g/mol. The molecule has 0 saturated carbocycles. The number of alkyl halides is 3. The summed E-state index contributed by atoms with van der Waals surface area (Å²) in [5.41, 5.74) is -0.463. The Labute approximate surface area is 117 Å². The highest BCUT2D eigenvalue weighted by Gasteiger charge is 2.31. The van der Waals surface area contributed by atoms with Crippen molar-refractivity contribution in [1.82, 2.24) is 0 Å². The van der Waals surface area contributed by atoms with E-state index in [9.17, 15) is 18.0 Å². The van der Waals surface area contributed by atoms with Gasteiger partial charge in [-0.15, -0.1) is 0 Å². The molecule has 7 heteroatoms. The first kappa shape index (κ1) is 15.8. The van der Waals surface area contributed by atoms with E-state index < -0.39 is 17.7 Å². The molecule has 0 aliphatic carbocycles. The first-order valence-electron chi connectivity index (χ1n) is 5.44. The summed E-state index contributed by atoms with van der Waals surface area (Å²) in [5.74, 6) is -0.428. The predicted octanol–water partition coefficient (Wildman–Crippen LogP) is 3.83. The van der Waals surface area contributed by atoms with Crippen LogP contribution in [0.15, 0.2) is 22.7 Å². The number of hydrogen-bond acceptors (Lipinski definition) is 3. The molecule has 0 aliphatic heterocycles. The van der Waals surface area contributed by atoms with E-state index in [0.29, 0.717) is 4.47 Å². The molecule has 1 rings (SSSR count). The molecule has 0 aliphatic rings. The third-order valence-electron chi connectivity index (χ3n) is 2.40. The van der Waals surface area contributed by atoms with Gasteiger partial charge in [-0.05, 0) is 41.1 Å². The van der Waals surface area contributed by atoms with E-state index in [1.54, 1.807) is 6.92 Å². The molecule has 1 N–H and O–H groups in total. The monoisotopic (exact) mass is 339 g/mol. The first-order chi connectivity index (χ1) is 8.74. The Balaban J connectivity index is 2.85. The van der Waals surface area contributed by atoms with E-state index >= 15 is 0 Å². The highest BCUT2D eigenvalue weighted by molar-refractivity contribution is 9.10. The summed E-state index contributed by atoms with van der Waals surface area (Å²) in [5, 5.41) is 2.84. The lowest BCUT2D eigenvalue weighted by atomic mass is 10.1. The van der Waals surface area contributed by atoms with Crippen molar-refractivity contribution < 1.29 is 22.7 Å². The van der Waals surface area contributed by atoms with E-state index in [1.165, 1.54) is 13.2 Å². The second-order valence-electron chi connectivity index (χ2n) is 4.02. The number of nitrogens with one attached hydrogen (secondary N) is 1. The Kier molecular flexibility index (Phi) is 5.22. The van der Waals surface area contributed by atoms with E-state index in [0.717, 1.165) is 12.1 Å². The molecule has 3 nitrogen and oxygen atoms in total. The number of carbonyl (C=O) groups is 1. The molecule has 19 heavy (non-hydrogen) atoms. The predicted molar refractivity (Wildman–Crippen MR) is 68.9 cm³/mol. The molecule has 1 atom stereocenters. The molecule has 0 radical (unpaired) electrons. The number of carbonyl (C=O) groups excluding carboxylic acids is 1. The Morgan fingerprint density at radius 2 is 2.11 bits per heavy atom. The van der Waals surface area contributed by atoms with Gasteiger partial charge in [0.1, 0.15) is 0 Å². The van der Waals surface area contributed by atoms with Crippen molar-refractivity contribution in [1.29, 1.82) is 0 Å². The average Bonchev–Trinajstić information content (AvgIpc) is 2.30. The van der Waals surface area contributed by atoms with Crippen molar-refractivity contribution in [2.24, 2.45) is 0 Å². The second-order valence-corrected chi connectivity index (χ2v) is 4.87. The van der Waals surface area contributed by atoms with Crippen LogP contribution in [-0.2, 0) is 15.7 Å². The van der Waals surface area contributed by atoms with Gasteiger partial charge in [-0.3, -0.25) is 4.79 Å². The number of methoxy groups -OCH3 is 1. The van der Waals surface area contributed by atoms with Gasteiger partial charge >= 0.3 is 12.1 Å². The number of benzene rings is 1. The van der Waals surface area contributed by atoms with Gasteiger partial charge in [-0.1, -0.05) is 0 Å². The fraction of sp³-hybridized carbons (Fsp3) is 0.417. The lowest BCUT2D eigenvalue weighted by Crippen LogP contribution is -2.21. The van der Waals surface area contributed by atoms with Crippen molar-refractivity contribution in [3.8, 4) is 0 Å². The van der Waals surface area contributed by atoms with Gasteiger partial charge < -0.3 is 10.1 Å². The van der Waals surface area contributed by atoms with E-state index in [2.05, 4.69) is 26.0 Å². The van der Waals surface area contributed by atoms with Crippen LogP contribution in [0, 0.1) is 0 Å². The minimum atomic E-state index is -4.40. The molecular weight excluding hydrogens is 327 g/mol. The minimum Gasteiger partial charge on any atom is -0.469 e. The second kappa shape index (κ2) is 6.27. The molecule has 0 aromatic heterocycles. The fourth-order valence-electron chi connectivity index (χ4n) is 1.46. The van der Waals surface area contributed by atoms with Crippen LogP contribution < -0.4 is 5.32 Å². The zero-order chi connectivity index (χ0) is 14.6. The molecule has 106 valence electrons. The quantitative estimate of drug-likeness (QED) is 0.847. The fourth-order valence-corrected chi connectivity index (χ4v) is 1.82. The number of ether oxygens (including phenoxy) is 1. The SMILES string of the molecule is COC(=O)CC(C)Nc1cc(C(F)(F)F)ccc1Br. The third kappa shape index (κ3) is 4.74. The summed E-state index contributed by atoms with van der Waals surface area (Å²) in [6.07, 6.45) is -4.33. The molecule has 1 unspecified atom stereocenters. The summed E-state index contributed by atoms with van der Waals surface area (Å²) in [6, 6.07) is 2.96. The molecule has 1 aromatic carbocycles. The van der Waals surface area contributed by atoms with Crippen LogP contribution in [0.5, 0.6) is 0 Å². The lowest BCUT2D eigenvalue weighted by molar-refractivity contribution is -0.141. The highest BCUT2D eigenvalue weighted by atomic mass is 79.9. The molecular formula is C12H13BrF3NO2. The van der Waals surface area contributed by atoms with E-state index in [4.69, 9.17) is 0 Å². The van der Waals surface area contributed by atoms with Crippen LogP contribution in [-0.4, -0.2) is 19.1 Å².